The third kappa shape index (κ3) is 3.33. The topological polar surface area (TPSA) is 107 Å². The molecule has 3 aliphatic rings. The van der Waals surface area contributed by atoms with Crippen LogP contribution in [-0.4, -0.2) is 70.2 Å². The summed E-state index contributed by atoms with van der Waals surface area (Å²) in [5.41, 5.74) is 7.32. The average Bonchev–Trinajstić information content (AvgIpc) is 3.07. The zero-order chi connectivity index (χ0) is 22.9. The number of aromatic nitrogens is 4. The van der Waals surface area contributed by atoms with Crippen molar-refractivity contribution in [2.45, 2.75) is 33.1 Å². The van der Waals surface area contributed by atoms with Crippen molar-refractivity contribution in [2.75, 3.05) is 38.3 Å². The molecule has 1 aliphatic heterocycles. The van der Waals surface area contributed by atoms with Gasteiger partial charge < -0.3 is 19.5 Å². The van der Waals surface area contributed by atoms with Crippen LogP contribution < -0.4 is 4.90 Å². The number of amides is 2. The van der Waals surface area contributed by atoms with E-state index in [0.29, 0.717) is 18.6 Å². The van der Waals surface area contributed by atoms with Crippen LogP contribution in [0.5, 0.6) is 0 Å². The Morgan fingerprint density at radius 1 is 1.39 bits per heavy atom. The number of H-pyrrole nitrogens is 2. The van der Waals surface area contributed by atoms with Crippen LogP contribution in [0.1, 0.15) is 30.2 Å². The summed E-state index contributed by atoms with van der Waals surface area (Å²) in [6, 6.07) is 3.95. The van der Waals surface area contributed by atoms with Crippen molar-refractivity contribution in [3.05, 3.63) is 29.0 Å². The molecule has 2 fully saturated rings. The maximum absolute atomic E-state index is 12.9. The van der Waals surface area contributed by atoms with Gasteiger partial charge in [-0.05, 0) is 55.2 Å². The lowest BCUT2D eigenvalue weighted by atomic mass is 9.88. The number of carbonyl (C=O) groups is 2. The molecule has 2 amide bonds. The van der Waals surface area contributed by atoms with E-state index in [0.717, 1.165) is 52.6 Å². The SMILES string of the molecule is Cc1cc2[nH]c(-c3n[nH]c4c3C[C@@H]3C[C@]3(C)C4)nc2cc1N(C)C(=O)CN1CCOCC1=O. The number of aromatic amines is 2. The van der Waals surface area contributed by atoms with E-state index in [9.17, 15) is 9.59 Å². The lowest BCUT2D eigenvalue weighted by Crippen LogP contribution is -2.47. The van der Waals surface area contributed by atoms with Gasteiger partial charge in [-0.2, -0.15) is 5.10 Å². The van der Waals surface area contributed by atoms with E-state index in [1.807, 2.05) is 19.1 Å². The molecule has 9 heteroatoms. The summed E-state index contributed by atoms with van der Waals surface area (Å²) in [6.45, 7) is 5.31. The number of hydrogen-bond donors (Lipinski definition) is 2. The molecule has 2 N–H and O–H groups in total. The van der Waals surface area contributed by atoms with Crippen molar-refractivity contribution in [1.82, 2.24) is 25.1 Å². The van der Waals surface area contributed by atoms with E-state index in [2.05, 4.69) is 22.1 Å². The first-order valence-corrected chi connectivity index (χ1v) is 11.5. The monoisotopic (exact) mass is 448 g/mol. The van der Waals surface area contributed by atoms with Gasteiger partial charge in [-0.15, -0.1) is 0 Å². The Bertz CT molecular complexity index is 1290. The molecule has 1 saturated carbocycles. The van der Waals surface area contributed by atoms with Crippen LogP contribution in [0.25, 0.3) is 22.6 Å². The zero-order valence-corrected chi connectivity index (χ0v) is 19.2. The molecule has 172 valence electrons. The Balaban J connectivity index is 1.27. The lowest BCUT2D eigenvalue weighted by Gasteiger charge is -2.28. The molecule has 0 spiro atoms. The Morgan fingerprint density at radius 3 is 3.06 bits per heavy atom. The number of rotatable bonds is 4. The predicted octanol–water partition coefficient (Wildman–Crippen LogP) is 2.21. The summed E-state index contributed by atoms with van der Waals surface area (Å²) in [7, 11) is 1.74. The molecule has 1 saturated heterocycles. The Morgan fingerprint density at radius 2 is 2.24 bits per heavy atom. The zero-order valence-electron chi connectivity index (χ0n) is 19.2. The third-order valence-corrected chi connectivity index (χ3v) is 7.69. The molecule has 1 aromatic carbocycles. The first kappa shape index (κ1) is 20.4. The number of imidazole rings is 1. The Kier molecular flexibility index (Phi) is 4.42. The van der Waals surface area contributed by atoms with Gasteiger partial charge in [0.25, 0.3) is 0 Å². The first-order chi connectivity index (χ1) is 15.8. The van der Waals surface area contributed by atoms with Crippen LogP contribution in [0.2, 0.25) is 0 Å². The van der Waals surface area contributed by atoms with Gasteiger partial charge in [0.2, 0.25) is 11.8 Å². The molecule has 2 aromatic heterocycles. The molecular weight excluding hydrogens is 420 g/mol. The van der Waals surface area contributed by atoms with E-state index in [1.165, 1.54) is 17.7 Å². The van der Waals surface area contributed by atoms with Gasteiger partial charge in [0.15, 0.2) is 5.82 Å². The fourth-order valence-corrected chi connectivity index (χ4v) is 5.40. The smallest absolute Gasteiger partial charge is 0.249 e. The van der Waals surface area contributed by atoms with Crippen molar-refractivity contribution in [2.24, 2.45) is 11.3 Å². The Labute approximate surface area is 191 Å². The molecule has 0 unspecified atom stereocenters. The molecule has 6 rings (SSSR count). The molecular formula is C24H28N6O3. The van der Waals surface area contributed by atoms with Crippen LogP contribution in [0.15, 0.2) is 12.1 Å². The van der Waals surface area contributed by atoms with Crippen molar-refractivity contribution < 1.29 is 14.3 Å². The minimum absolute atomic E-state index is 0.0366. The standard InChI is InChI=1S/C24H28N6O3/c1-13-6-16-17(8-19(13)29(3)20(31)11-30-4-5-33-12-21(30)32)26-23(25-16)22-15-7-14-9-24(14,2)10-18(15)27-28-22/h6,8,14H,4-5,7,9-12H2,1-3H3,(H,25,26)(H,27,28)/t14-,24-/m1/s1. The van der Waals surface area contributed by atoms with E-state index in [-0.39, 0.29) is 25.0 Å². The number of nitrogens with one attached hydrogen (secondary N) is 2. The summed E-state index contributed by atoms with van der Waals surface area (Å²) in [6.07, 6.45) is 3.40. The van der Waals surface area contributed by atoms with Gasteiger partial charge in [-0.3, -0.25) is 14.7 Å². The summed E-state index contributed by atoms with van der Waals surface area (Å²) < 4.78 is 5.15. The minimum Gasteiger partial charge on any atom is -0.370 e. The number of fused-ring (bicyclic) bond motifs is 3. The van der Waals surface area contributed by atoms with Crippen LogP contribution in [-0.2, 0) is 27.2 Å². The van der Waals surface area contributed by atoms with Crippen molar-refractivity contribution in [1.29, 1.82) is 0 Å². The summed E-state index contributed by atoms with van der Waals surface area (Å²) >= 11 is 0. The predicted molar refractivity (Wildman–Crippen MR) is 123 cm³/mol. The molecule has 3 heterocycles. The Hall–Kier alpha value is -3.20. The van der Waals surface area contributed by atoms with E-state index < -0.39 is 0 Å². The number of morpholine rings is 1. The molecule has 0 bridgehead atoms. The quantitative estimate of drug-likeness (QED) is 0.636. The van der Waals surface area contributed by atoms with Crippen molar-refractivity contribution >= 4 is 28.5 Å². The lowest BCUT2D eigenvalue weighted by molar-refractivity contribution is -0.145. The highest BCUT2D eigenvalue weighted by atomic mass is 16.5. The summed E-state index contributed by atoms with van der Waals surface area (Å²) in [5, 5.41) is 7.84. The van der Waals surface area contributed by atoms with Gasteiger partial charge in [0.1, 0.15) is 18.8 Å². The molecule has 33 heavy (non-hydrogen) atoms. The van der Waals surface area contributed by atoms with Crippen LogP contribution in [0.3, 0.4) is 0 Å². The van der Waals surface area contributed by atoms with Crippen LogP contribution in [0, 0.1) is 18.3 Å². The number of ether oxygens (including phenoxy) is 1. The van der Waals surface area contributed by atoms with E-state index in [4.69, 9.17) is 9.72 Å². The highest BCUT2D eigenvalue weighted by molar-refractivity contribution is 5.99. The van der Waals surface area contributed by atoms with E-state index in [1.54, 1.807) is 16.8 Å². The summed E-state index contributed by atoms with van der Waals surface area (Å²) in [5.74, 6) is 1.21. The number of hydrogen-bond acceptors (Lipinski definition) is 5. The highest BCUT2D eigenvalue weighted by Gasteiger charge is 2.53. The number of likely N-dealkylation sites (N-methyl/N-ethyl adjacent to an activating group) is 1. The molecule has 2 atom stereocenters. The molecule has 0 radical (unpaired) electrons. The average molecular weight is 449 g/mol. The van der Waals surface area contributed by atoms with E-state index >= 15 is 0 Å². The van der Waals surface area contributed by atoms with Crippen molar-refractivity contribution in [3.8, 4) is 11.5 Å². The summed E-state index contributed by atoms with van der Waals surface area (Å²) in [4.78, 5) is 36.3. The van der Waals surface area contributed by atoms with Gasteiger partial charge in [0, 0.05) is 30.5 Å². The number of carbonyl (C=O) groups excluding carboxylic acids is 2. The molecule has 9 nitrogen and oxygen atoms in total. The maximum Gasteiger partial charge on any atom is 0.249 e. The number of nitrogens with zero attached hydrogens (tertiary/aromatic N) is 4. The highest BCUT2D eigenvalue weighted by Crippen LogP contribution is 2.59. The molecule has 3 aromatic rings. The fourth-order valence-electron chi connectivity index (χ4n) is 5.40. The number of aryl methyl sites for hydroxylation is 1. The fraction of sp³-hybridized carbons (Fsp3) is 0.500. The first-order valence-electron chi connectivity index (χ1n) is 11.5. The van der Waals surface area contributed by atoms with Crippen LogP contribution in [0.4, 0.5) is 5.69 Å². The largest absolute Gasteiger partial charge is 0.370 e. The third-order valence-electron chi connectivity index (χ3n) is 7.69. The second-order valence-electron chi connectivity index (χ2n) is 10.0. The van der Waals surface area contributed by atoms with Gasteiger partial charge >= 0.3 is 0 Å². The maximum atomic E-state index is 12.9. The second kappa shape index (κ2) is 7.15. The normalized spacial score (nSPS) is 24.0. The molecule has 2 aliphatic carbocycles. The second-order valence-corrected chi connectivity index (χ2v) is 10.0. The minimum atomic E-state index is -0.152. The number of benzene rings is 1. The van der Waals surface area contributed by atoms with Gasteiger partial charge in [-0.1, -0.05) is 6.92 Å². The van der Waals surface area contributed by atoms with Gasteiger partial charge in [0.05, 0.1) is 17.6 Å². The van der Waals surface area contributed by atoms with Crippen LogP contribution >= 0.6 is 0 Å². The van der Waals surface area contributed by atoms with Crippen molar-refractivity contribution in [3.63, 3.8) is 0 Å². The number of anilines is 1. The van der Waals surface area contributed by atoms with Gasteiger partial charge in [-0.25, -0.2) is 4.98 Å².